The van der Waals surface area contributed by atoms with Gasteiger partial charge in [0.2, 0.25) is 5.95 Å². The Morgan fingerprint density at radius 3 is 2.55 bits per heavy atom. The summed E-state index contributed by atoms with van der Waals surface area (Å²) in [6.07, 6.45) is -0.230. The van der Waals surface area contributed by atoms with Gasteiger partial charge in [-0.05, 0) is 30.7 Å². The van der Waals surface area contributed by atoms with Gasteiger partial charge in [0, 0.05) is 24.3 Å². The Morgan fingerprint density at radius 2 is 1.91 bits per heavy atom. The molecule has 3 rings (SSSR count). The number of fused-ring (bicyclic) bond motifs is 1. The van der Waals surface area contributed by atoms with Gasteiger partial charge in [0.25, 0.3) is 11.5 Å². The van der Waals surface area contributed by atoms with Crippen molar-refractivity contribution in [2.45, 2.75) is 25.4 Å². The zero-order chi connectivity index (χ0) is 24.1. The number of aromatic nitrogens is 2. The normalized spacial score (nSPS) is 16.3. The predicted molar refractivity (Wildman–Crippen MR) is 120 cm³/mol. The molecule has 0 fully saturated rings. The van der Waals surface area contributed by atoms with Crippen molar-refractivity contribution in [1.29, 1.82) is 0 Å². The summed E-state index contributed by atoms with van der Waals surface area (Å²) in [5.74, 6) is -3.56. The van der Waals surface area contributed by atoms with Crippen molar-refractivity contribution >= 4 is 41.0 Å². The minimum Gasteiger partial charge on any atom is -0.481 e. The summed E-state index contributed by atoms with van der Waals surface area (Å²) in [6, 6.07) is 4.92. The van der Waals surface area contributed by atoms with Crippen LogP contribution in [-0.2, 0) is 9.59 Å². The third kappa shape index (κ3) is 5.90. The van der Waals surface area contributed by atoms with Gasteiger partial charge in [-0.25, -0.2) is 4.79 Å². The molecule has 1 aromatic carbocycles. The maximum atomic E-state index is 12.4. The third-order valence-corrected chi connectivity index (χ3v) is 5.12. The van der Waals surface area contributed by atoms with E-state index in [0.29, 0.717) is 30.3 Å². The van der Waals surface area contributed by atoms with E-state index >= 15 is 0 Å². The molecule has 0 unspecified atom stereocenters. The van der Waals surface area contributed by atoms with Crippen molar-refractivity contribution in [3.63, 3.8) is 0 Å². The van der Waals surface area contributed by atoms with Crippen molar-refractivity contribution in [3.8, 4) is 0 Å². The number of benzene rings is 1. The summed E-state index contributed by atoms with van der Waals surface area (Å²) >= 11 is 0. The Hall–Kier alpha value is -4.29. The lowest BCUT2D eigenvalue weighted by Gasteiger charge is -2.27. The van der Waals surface area contributed by atoms with E-state index in [1.807, 2.05) is 0 Å². The Morgan fingerprint density at radius 1 is 1.21 bits per heavy atom. The molecule has 1 amide bonds. The van der Waals surface area contributed by atoms with Crippen molar-refractivity contribution in [1.82, 2.24) is 15.3 Å². The first-order valence-electron chi connectivity index (χ1n) is 10.1. The first kappa shape index (κ1) is 23.4. The van der Waals surface area contributed by atoms with E-state index in [0.717, 1.165) is 0 Å². The first-order chi connectivity index (χ1) is 15.6. The topological polar surface area (TPSA) is 212 Å². The molecule has 13 heteroatoms. The van der Waals surface area contributed by atoms with E-state index in [1.165, 1.54) is 19.1 Å². The van der Waals surface area contributed by atoms with Crippen LogP contribution in [0.4, 0.5) is 23.1 Å². The molecule has 0 saturated heterocycles. The van der Waals surface area contributed by atoms with Crippen molar-refractivity contribution < 1.29 is 24.6 Å². The number of aromatic amines is 1. The van der Waals surface area contributed by atoms with Gasteiger partial charge < -0.3 is 37.2 Å². The Labute approximate surface area is 187 Å². The number of nitrogens with two attached hydrogens (primary N) is 1. The average molecular weight is 459 g/mol. The number of hydrogen-bond acceptors (Lipinski definition) is 9. The zero-order valence-electron chi connectivity index (χ0n) is 17.7. The van der Waals surface area contributed by atoms with Crippen LogP contribution in [0, 0.1) is 5.92 Å². The zero-order valence-corrected chi connectivity index (χ0v) is 17.7. The van der Waals surface area contributed by atoms with Gasteiger partial charge in [-0.15, -0.1) is 0 Å². The number of aliphatic carboxylic acids is 2. The molecule has 2 heterocycles. The number of carbonyl (C=O) groups excluding carboxylic acids is 1. The highest BCUT2D eigenvalue weighted by molar-refractivity contribution is 5.97. The van der Waals surface area contributed by atoms with Crippen LogP contribution in [0.3, 0.4) is 0 Å². The highest BCUT2D eigenvalue weighted by atomic mass is 16.4. The van der Waals surface area contributed by atoms with Gasteiger partial charge >= 0.3 is 11.9 Å². The maximum absolute atomic E-state index is 12.4. The minimum atomic E-state index is -1.32. The fourth-order valence-electron chi connectivity index (χ4n) is 3.25. The molecular weight excluding hydrogens is 434 g/mol. The molecular formula is C20H25N7O6. The maximum Gasteiger partial charge on any atom is 0.326 e. The molecule has 9 N–H and O–H groups in total. The highest BCUT2D eigenvalue weighted by Gasteiger charge is 2.26. The second kappa shape index (κ2) is 9.89. The lowest BCUT2D eigenvalue weighted by molar-refractivity contribution is -0.143. The molecule has 0 bridgehead atoms. The van der Waals surface area contributed by atoms with Crippen LogP contribution in [0.1, 0.15) is 23.7 Å². The average Bonchev–Trinajstić information content (AvgIpc) is 2.77. The van der Waals surface area contributed by atoms with E-state index in [2.05, 4.69) is 31.2 Å². The van der Waals surface area contributed by atoms with E-state index in [-0.39, 0.29) is 29.5 Å². The Balaban J connectivity index is 1.55. The largest absolute Gasteiger partial charge is 0.481 e. The molecule has 0 spiro atoms. The highest BCUT2D eigenvalue weighted by Crippen LogP contribution is 2.20. The summed E-state index contributed by atoms with van der Waals surface area (Å²) in [5, 5.41) is 29.9. The number of hydrogen-bond donors (Lipinski definition) is 8. The van der Waals surface area contributed by atoms with Crippen molar-refractivity contribution in [2.24, 2.45) is 5.92 Å². The van der Waals surface area contributed by atoms with Crippen LogP contribution in [0.2, 0.25) is 0 Å². The van der Waals surface area contributed by atoms with Crippen LogP contribution >= 0.6 is 0 Å². The number of H-pyrrole nitrogens is 1. The van der Waals surface area contributed by atoms with Gasteiger partial charge in [0.05, 0.1) is 12.0 Å². The lowest BCUT2D eigenvalue weighted by atomic mass is 10.0. The summed E-state index contributed by atoms with van der Waals surface area (Å²) < 4.78 is 0. The Kier molecular flexibility index (Phi) is 7.00. The van der Waals surface area contributed by atoms with Crippen LogP contribution in [0.5, 0.6) is 0 Å². The van der Waals surface area contributed by atoms with E-state index in [1.54, 1.807) is 12.1 Å². The second-order valence-electron chi connectivity index (χ2n) is 7.69. The van der Waals surface area contributed by atoms with Crippen molar-refractivity contribution in [3.05, 3.63) is 40.2 Å². The summed E-state index contributed by atoms with van der Waals surface area (Å²) in [7, 11) is 0. The number of nitrogens with zero attached hydrogens (tertiary/aromatic N) is 1. The number of carbonyl (C=O) groups is 3. The van der Waals surface area contributed by atoms with Gasteiger partial charge in [-0.3, -0.25) is 19.4 Å². The fraction of sp³-hybridized carbons (Fsp3) is 0.350. The number of nitrogen functional groups attached to an aromatic ring is 1. The van der Waals surface area contributed by atoms with Crippen LogP contribution in [0.25, 0.3) is 0 Å². The van der Waals surface area contributed by atoms with Gasteiger partial charge in [-0.1, -0.05) is 6.92 Å². The van der Waals surface area contributed by atoms with E-state index in [9.17, 15) is 24.3 Å². The molecule has 1 aromatic heterocycles. The van der Waals surface area contributed by atoms with Crippen molar-refractivity contribution in [2.75, 3.05) is 34.8 Å². The molecule has 0 aliphatic carbocycles. The number of anilines is 4. The quantitative estimate of drug-likeness (QED) is 0.249. The van der Waals surface area contributed by atoms with E-state index < -0.39 is 29.8 Å². The number of carboxylic acids is 2. The summed E-state index contributed by atoms with van der Waals surface area (Å²) in [5.41, 5.74) is 6.40. The lowest BCUT2D eigenvalue weighted by Crippen LogP contribution is -2.42. The standard InChI is InChI=1S/C20H25N7O6/c1-9(18(30)31)6-13(19(32)33)25-16(28)10-2-4-11(5-3-10)22-7-12-8-23-15-14(24-12)17(29)27-20(21)26-15/h2-5,9,12-13,22,24H,6-8H2,1H3,(H,25,28)(H,30,31)(H,32,33)(H4,21,23,26,27,29)/t9-,12+,13-/m0/s1. The number of rotatable bonds is 9. The van der Waals surface area contributed by atoms with Gasteiger partial charge in [0.1, 0.15) is 11.7 Å². The van der Waals surface area contributed by atoms with Crippen LogP contribution in [-0.4, -0.2) is 63.2 Å². The molecule has 33 heavy (non-hydrogen) atoms. The molecule has 13 nitrogen and oxygen atoms in total. The second-order valence-corrected chi connectivity index (χ2v) is 7.69. The van der Waals surface area contributed by atoms with Gasteiger partial charge in [0.15, 0.2) is 5.82 Å². The fourth-order valence-corrected chi connectivity index (χ4v) is 3.25. The molecule has 0 radical (unpaired) electrons. The molecule has 1 aliphatic rings. The number of amides is 1. The smallest absolute Gasteiger partial charge is 0.326 e. The van der Waals surface area contributed by atoms with Crippen LogP contribution < -0.4 is 32.6 Å². The molecule has 176 valence electrons. The van der Waals surface area contributed by atoms with E-state index in [4.69, 9.17) is 10.8 Å². The summed E-state index contributed by atoms with van der Waals surface area (Å²) in [4.78, 5) is 53.2. The van der Waals surface area contributed by atoms with Gasteiger partial charge in [-0.2, -0.15) is 4.98 Å². The SMILES string of the molecule is C[C@@H](C[C@H](NC(=O)c1ccc(NC[C@@H]2CNc3nc(N)[nH]c(=O)c3N2)cc1)C(=O)O)C(=O)O. The summed E-state index contributed by atoms with van der Waals surface area (Å²) in [6.45, 7) is 2.33. The first-order valence-corrected chi connectivity index (χ1v) is 10.1. The third-order valence-electron chi connectivity index (χ3n) is 5.12. The predicted octanol–water partition coefficient (Wildman–Crippen LogP) is -0.0360. The minimum absolute atomic E-state index is 0.0276. The number of nitrogens with one attached hydrogen (secondary N) is 5. The van der Waals surface area contributed by atoms with Crippen LogP contribution in [0.15, 0.2) is 29.1 Å². The monoisotopic (exact) mass is 459 g/mol. The number of carboxylic acid groups (broad SMARTS) is 2. The Bertz CT molecular complexity index is 1100. The molecule has 1 aliphatic heterocycles. The molecule has 0 saturated carbocycles. The molecule has 2 aromatic rings. The molecule has 3 atom stereocenters.